The molecule has 0 radical (unpaired) electrons. The Morgan fingerprint density at radius 3 is 2.90 bits per heavy atom. The highest BCUT2D eigenvalue weighted by Gasteiger charge is 2.36. The van der Waals surface area contributed by atoms with Crippen molar-refractivity contribution < 1.29 is 4.79 Å². The van der Waals surface area contributed by atoms with E-state index in [1.807, 2.05) is 37.3 Å². The third-order valence-electron chi connectivity index (χ3n) is 3.84. The minimum absolute atomic E-state index is 0. The standard InChI is InChI=1S/C16H18N2O.ClH/c1-2-3-4-5-11-6-7-12-13(8-11)16(19)18-15-10-17-9-14(12)15;/h2-8,14-15,17H,9-10H2,1H3,(H,18,19);1H/b3-2+,5-4+;/t14-,15+;/m1./s1. The topological polar surface area (TPSA) is 41.1 Å². The number of nitrogens with one attached hydrogen (secondary N) is 2. The third-order valence-corrected chi connectivity index (χ3v) is 3.84. The van der Waals surface area contributed by atoms with E-state index in [4.69, 9.17) is 0 Å². The molecule has 1 saturated heterocycles. The maximum Gasteiger partial charge on any atom is 0.251 e. The first-order valence-corrected chi connectivity index (χ1v) is 6.74. The Morgan fingerprint density at radius 2 is 2.10 bits per heavy atom. The van der Waals surface area contributed by atoms with Crippen LogP contribution in [0.5, 0.6) is 0 Å². The van der Waals surface area contributed by atoms with Crippen LogP contribution in [0.1, 0.15) is 34.3 Å². The van der Waals surface area contributed by atoms with Gasteiger partial charge in [0, 0.05) is 30.6 Å². The molecule has 106 valence electrons. The highest BCUT2D eigenvalue weighted by atomic mass is 35.5. The SMILES string of the molecule is C/C=C/C=C/c1ccc2c(c1)C(=O)N[C@H]1CNC[C@H]21.Cl. The number of allylic oxidation sites excluding steroid dienone is 3. The van der Waals surface area contributed by atoms with E-state index in [0.29, 0.717) is 5.92 Å². The molecule has 2 aliphatic heterocycles. The summed E-state index contributed by atoms with van der Waals surface area (Å²) in [4.78, 5) is 12.1. The van der Waals surface area contributed by atoms with Crippen molar-refractivity contribution in [3.05, 3.63) is 53.1 Å². The number of carbonyl (C=O) groups excluding carboxylic acids is 1. The van der Waals surface area contributed by atoms with Crippen molar-refractivity contribution in [3.63, 3.8) is 0 Å². The van der Waals surface area contributed by atoms with E-state index in [9.17, 15) is 4.79 Å². The highest BCUT2D eigenvalue weighted by Crippen LogP contribution is 2.31. The van der Waals surface area contributed by atoms with E-state index in [-0.39, 0.29) is 24.4 Å². The number of fused-ring (bicyclic) bond motifs is 3. The number of hydrogen-bond acceptors (Lipinski definition) is 2. The molecular formula is C16H19ClN2O. The normalized spacial score (nSPS) is 24.4. The van der Waals surface area contributed by atoms with Crippen molar-refractivity contribution in [1.29, 1.82) is 0 Å². The van der Waals surface area contributed by atoms with Gasteiger partial charge in [-0.15, -0.1) is 12.4 Å². The van der Waals surface area contributed by atoms with Crippen LogP contribution < -0.4 is 10.6 Å². The molecule has 3 rings (SSSR count). The van der Waals surface area contributed by atoms with Crippen LogP contribution >= 0.6 is 12.4 Å². The number of amides is 1. The summed E-state index contributed by atoms with van der Waals surface area (Å²) in [6.45, 7) is 3.81. The molecule has 0 unspecified atom stereocenters. The summed E-state index contributed by atoms with van der Waals surface area (Å²) >= 11 is 0. The van der Waals surface area contributed by atoms with Crippen LogP contribution in [0.15, 0.2) is 36.4 Å². The fraction of sp³-hybridized carbons (Fsp3) is 0.312. The van der Waals surface area contributed by atoms with Gasteiger partial charge in [-0.2, -0.15) is 0 Å². The molecule has 4 heteroatoms. The number of halogens is 1. The van der Waals surface area contributed by atoms with E-state index in [0.717, 1.165) is 24.2 Å². The Kier molecular flexibility index (Phi) is 4.63. The predicted octanol–water partition coefficient (Wildman–Crippen LogP) is 2.50. The van der Waals surface area contributed by atoms with Crippen molar-refractivity contribution in [2.24, 2.45) is 0 Å². The van der Waals surface area contributed by atoms with Crippen molar-refractivity contribution in [2.45, 2.75) is 18.9 Å². The zero-order chi connectivity index (χ0) is 13.2. The van der Waals surface area contributed by atoms with E-state index in [1.165, 1.54) is 5.56 Å². The average molecular weight is 291 g/mol. The molecule has 1 aromatic rings. The monoisotopic (exact) mass is 290 g/mol. The Morgan fingerprint density at radius 1 is 1.25 bits per heavy atom. The Balaban J connectivity index is 0.00000147. The van der Waals surface area contributed by atoms with Gasteiger partial charge in [-0.25, -0.2) is 0 Å². The van der Waals surface area contributed by atoms with Crippen molar-refractivity contribution >= 4 is 24.4 Å². The van der Waals surface area contributed by atoms with Gasteiger partial charge >= 0.3 is 0 Å². The van der Waals surface area contributed by atoms with Crippen LogP contribution in [-0.4, -0.2) is 25.0 Å². The molecule has 0 spiro atoms. The molecule has 20 heavy (non-hydrogen) atoms. The van der Waals surface area contributed by atoms with Crippen LogP contribution in [0.25, 0.3) is 6.08 Å². The van der Waals surface area contributed by atoms with E-state index in [1.54, 1.807) is 0 Å². The van der Waals surface area contributed by atoms with Crippen molar-refractivity contribution in [2.75, 3.05) is 13.1 Å². The average Bonchev–Trinajstić information content (AvgIpc) is 2.87. The number of rotatable bonds is 2. The summed E-state index contributed by atoms with van der Waals surface area (Å²) in [5.41, 5.74) is 3.07. The molecule has 0 bridgehead atoms. The molecule has 0 aliphatic carbocycles. The second-order valence-electron chi connectivity index (χ2n) is 5.08. The summed E-state index contributed by atoms with van der Waals surface area (Å²) in [6.07, 6.45) is 7.97. The van der Waals surface area contributed by atoms with Gasteiger partial charge in [0.15, 0.2) is 0 Å². The molecule has 2 heterocycles. The van der Waals surface area contributed by atoms with Crippen LogP contribution in [0.4, 0.5) is 0 Å². The summed E-state index contributed by atoms with van der Waals surface area (Å²) in [5, 5.41) is 6.43. The summed E-state index contributed by atoms with van der Waals surface area (Å²) < 4.78 is 0. The summed E-state index contributed by atoms with van der Waals surface area (Å²) in [6, 6.07) is 6.43. The molecule has 0 saturated carbocycles. The van der Waals surface area contributed by atoms with Gasteiger partial charge in [0.2, 0.25) is 0 Å². The fourth-order valence-electron chi connectivity index (χ4n) is 2.88. The zero-order valence-electron chi connectivity index (χ0n) is 11.4. The lowest BCUT2D eigenvalue weighted by atomic mass is 9.85. The quantitative estimate of drug-likeness (QED) is 0.822. The smallest absolute Gasteiger partial charge is 0.251 e. The zero-order valence-corrected chi connectivity index (χ0v) is 12.2. The Hall–Kier alpha value is -1.58. The van der Waals surface area contributed by atoms with Gasteiger partial charge in [-0.05, 0) is 24.1 Å². The number of benzene rings is 1. The Bertz CT molecular complexity index is 566. The maximum atomic E-state index is 12.1. The van der Waals surface area contributed by atoms with Crippen LogP contribution in [0.2, 0.25) is 0 Å². The van der Waals surface area contributed by atoms with Gasteiger partial charge in [-0.1, -0.05) is 36.4 Å². The predicted molar refractivity (Wildman–Crippen MR) is 84.4 cm³/mol. The van der Waals surface area contributed by atoms with Gasteiger partial charge in [0.05, 0.1) is 0 Å². The van der Waals surface area contributed by atoms with Crippen LogP contribution in [-0.2, 0) is 0 Å². The number of carbonyl (C=O) groups is 1. The summed E-state index contributed by atoms with van der Waals surface area (Å²) in [7, 11) is 0. The van der Waals surface area contributed by atoms with Crippen LogP contribution in [0.3, 0.4) is 0 Å². The lowest BCUT2D eigenvalue weighted by Crippen LogP contribution is -2.44. The Labute approximate surface area is 125 Å². The van der Waals surface area contributed by atoms with Crippen molar-refractivity contribution in [1.82, 2.24) is 10.6 Å². The van der Waals surface area contributed by atoms with E-state index in [2.05, 4.69) is 22.8 Å². The molecular weight excluding hydrogens is 272 g/mol. The molecule has 2 N–H and O–H groups in total. The second kappa shape index (κ2) is 6.25. The minimum atomic E-state index is 0. The first-order chi connectivity index (χ1) is 9.29. The van der Waals surface area contributed by atoms with Gasteiger partial charge in [0.25, 0.3) is 5.91 Å². The molecule has 0 aromatic heterocycles. The lowest BCUT2D eigenvalue weighted by Gasteiger charge is -2.28. The maximum absolute atomic E-state index is 12.1. The molecule has 1 fully saturated rings. The first-order valence-electron chi connectivity index (χ1n) is 6.74. The molecule has 2 atom stereocenters. The first kappa shape index (κ1) is 14.8. The van der Waals surface area contributed by atoms with Crippen molar-refractivity contribution in [3.8, 4) is 0 Å². The third kappa shape index (κ3) is 2.65. The molecule has 1 aromatic carbocycles. The lowest BCUT2D eigenvalue weighted by molar-refractivity contribution is 0.0924. The summed E-state index contributed by atoms with van der Waals surface area (Å²) in [5.74, 6) is 0.475. The molecule has 2 aliphatic rings. The largest absolute Gasteiger partial charge is 0.347 e. The van der Waals surface area contributed by atoms with E-state index < -0.39 is 0 Å². The highest BCUT2D eigenvalue weighted by molar-refractivity contribution is 5.98. The molecule has 3 nitrogen and oxygen atoms in total. The van der Waals surface area contributed by atoms with E-state index >= 15 is 0 Å². The second-order valence-corrected chi connectivity index (χ2v) is 5.08. The van der Waals surface area contributed by atoms with Gasteiger partial charge in [0.1, 0.15) is 0 Å². The van der Waals surface area contributed by atoms with Gasteiger partial charge in [-0.3, -0.25) is 4.79 Å². The van der Waals surface area contributed by atoms with Gasteiger partial charge < -0.3 is 10.6 Å². The number of hydrogen-bond donors (Lipinski definition) is 2. The van der Waals surface area contributed by atoms with Crippen LogP contribution in [0, 0.1) is 0 Å². The fourth-order valence-corrected chi connectivity index (χ4v) is 2.88. The molecule has 1 amide bonds. The minimum Gasteiger partial charge on any atom is -0.347 e.